The molecule has 0 aromatic heterocycles. The third-order valence-corrected chi connectivity index (χ3v) is 8.14. The Hall–Kier alpha value is -1.12. The summed E-state index contributed by atoms with van der Waals surface area (Å²) < 4.78 is 5.68. The Bertz CT molecular complexity index is 620. The Morgan fingerprint density at radius 3 is 1.91 bits per heavy atom. The summed E-state index contributed by atoms with van der Waals surface area (Å²) in [5, 5.41) is 0. The molecule has 0 aromatic rings. The van der Waals surface area contributed by atoms with E-state index in [1.165, 1.54) is 102 Å². The number of esters is 1. The lowest BCUT2D eigenvalue weighted by Gasteiger charge is -2.43. The molecule has 0 bridgehead atoms. The molecule has 2 aliphatic rings. The van der Waals surface area contributed by atoms with Crippen LogP contribution in [0.25, 0.3) is 0 Å². The molecule has 0 spiro atoms. The third-order valence-electron chi connectivity index (χ3n) is 8.14. The SMILES string of the molecule is CCCCCCCCCCCCCCCCCC(=O)OC1C[C@]2(C)CCCCC2=C(C)C1=O. The Morgan fingerprint density at radius 1 is 0.848 bits per heavy atom. The van der Waals surface area contributed by atoms with Gasteiger partial charge in [0.1, 0.15) is 0 Å². The number of hydrogen-bond acceptors (Lipinski definition) is 3. The highest BCUT2D eigenvalue weighted by Crippen LogP contribution is 2.49. The van der Waals surface area contributed by atoms with Gasteiger partial charge in [0, 0.05) is 12.8 Å². The van der Waals surface area contributed by atoms with E-state index in [0.29, 0.717) is 12.8 Å². The predicted octanol–water partition coefficient (Wildman–Crippen LogP) is 9.03. The van der Waals surface area contributed by atoms with Crippen LogP contribution in [0.2, 0.25) is 0 Å². The molecule has 1 unspecified atom stereocenters. The minimum atomic E-state index is -0.555. The van der Waals surface area contributed by atoms with Crippen LogP contribution in [0, 0.1) is 5.41 Å². The summed E-state index contributed by atoms with van der Waals surface area (Å²) in [6, 6.07) is 0. The van der Waals surface area contributed by atoms with Crippen molar-refractivity contribution < 1.29 is 14.3 Å². The molecule has 0 N–H and O–H groups in total. The van der Waals surface area contributed by atoms with Crippen LogP contribution in [0.3, 0.4) is 0 Å². The summed E-state index contributed by atoms with van der Waals surface area (Å²) in [6.45, 7) is 6.47. The lowest BCUT2D eigenvalue weighted by Crippen LogP contribution is -2.41. The molecule has 0 aliphatic heterocycles. The van der Waals surface area contributed by atoms with Crippen LogP contribution in [0.15, 0.2) is 11.1 Å². The van der Waals surface area contributed by atoms with Crippen molar-refractivity contribution in [2.45, 2.75) is 162 Å². The van der Waals surface area contributed by atoms with Crippen LogP contribution in [0.4, 0.5) is 0 Å². The molecular formula is C30H52O3. The van der Waals surface area contributed by atoms with Crippen molar-refractivity contribution in [3.8, 4) is 0 Å². The van der Waals surface area contributed by atoms with E-state index in [2.05, 4.69) is 13.8 Å². The lowest BCUT2D eigenvalue weighted by atomic mass is 9.63. The maximum absolute atomic E-state index is 12.7. The number of carbonyl (C=O) groups is 2. The minimum Gasteiger partial charge on any atom is -0.454 e. The van der Waals surface area contributed by atoms with E-state index in [0.717, 1.165) is 31.3 Å². The monoisotopic (exact) mass is 460 g/mol. The van der Waals surface area contributed by atoms with Gasteiger partial charge in [-0.3, -0.25) is 9.59 Å². The first-order valence-electron chi connectivity index (χ1n) is 14.4. The number of ketones is 1. The Labute approximate surface area is 204 Å². The number of carbonyl (C=O) groups excluding carboxylic acids is 2. The average molecular weight is 461 g/mol. The van der Waals surface area contributed by atoms with Crippen molar-refractivity contribution >= 4 is 11.8 Å². The molecule has 0 heterocycles. The summed E-state index contributed by atoms with van der Waals surface area (Å²) in [5.74, 6) is -0.132. The maximum atomic E-state index is 12.7. The van der Waals surface area contributed by atoms with Crippen LogP contribution in [0.5, 0.6) is 0 Å². The van der Waals surface area contributed by atoms with Crippen LogP contribution < -0.4 is 0 Å². The van der Waals surface area contributed by atoms with Crippen molar-refractivity contribution in [3.63, 3.8) is 0 Å². The molecule has 2 atom stereocenters. The van der Waals surface area contributed by atoms with Gasteiger partial charge in [-0.05, 0) is 43.6 Å². The van der Waals surface area contributed by atoms with Gasteiger partial charge in [-0.25, -0.2) is 0 Å². The van der Waals surface area contributed by atoms with Crippen molar-refractivity contribution in [1.29, 1.82) is 0 Å². The number of Topliss-reactive ketones (excluding diaryl/α,β-unsaturated/α-hetero) is 1. The van der Waals surface area contributed by atoms with E-state index in [-0.39, 0.29) is 17.2 Å². The molecule has 3 heteroatoms. The first-order valence-corrected chi connectivity index (χ1v) is 14.4. The quantitative estimate of drug-likeness (QED) is 0.161. The van der Waals surface area contributed by atoms with Gasteiger partial charge in [0.15, 0.2) is 11.9 Å². The summed E-state index contributed by atoms with van der Waals surface area (Å²) in [7, 11) is 0. The van der Waals surface area contributed by atoms with Crippen molar-refractivity contribution in [1.82, 2.24) is 0 Å². The molecule has 2 rings (SSSR count). The van der Waals surface area contributed by atoms with Gasteiger partial charge in [-0.15, -0.1) is 0 Å². The molecule has 3 nitrogen and oxygen atoms in total. The highest BCUT2D eigenvalue weighted by molar-refractivity contribution is 6.01. The van der Waals surface area contributed by atoms with Gasteiger partial charge in [-0.2, -0.15) is 0 Å². The van der Waals surface area contributed by atoms with Crippen molar-refractivity contribution in [2.24, 2.45) is 5.41 Å². The molecule has 33 heavy (non-hydrogen) atoms. The Morgan fingerprint density at radius 2 is 1.36 bits per heavy atom. The first kappa shape index (κ1) is 28.1. The third kappa shape index (κ3) is 9.95. The topological polar surface area (TPSA) is 43.4 Å². The fourth-order valence-electron chi connectivity index (χ4n) is 5.98. The van der Waals surface area contributed by atoms with Gasteiger partial charge in [0.25, 0.3) is 0 Å². The summed E-state index contributed by atoms with van der Waals surface area (Å²) >= 11 is 0. The summed E-state index contributed by atoms with van der Waals surface area (Å²) in [6.07, 6.45) is 24.9. The molecule has 0 aromatic carbocycles. The predicted molar refractivity (Wildman–Crippen MR) is 138 cm³/mol. The first-order chi connectivity index (χ1) is 16.0. The molecule has 1 fully saturated rings. The molecule has 0 radical (unpaired) electrons. The Kier molecular flexibility index (Phi) is 13.4. The normalized spacial score (nSPS) is 23.0. The van der Waals surface area contributed by atoms with Gasteiger partial charge in [-0.1, -0.05) is 116 Å². The smallest absolute Gasteiger partial charge is 0.306 e. The van der Waals surface area contributed by atoms with E-state index < -0.39 is 6.10 Å². The van der Waals surface area contributed by atoms with Gasteiger partial charge in [0.05, 0.1) is 0 Å². The van der Waals surface area contributed by atoms with Gasteiger partial charge < -0.3 is 4.74 Å². The highest BCUT2D eigenvalue weighted by atomic mass is 16.5. The second-order valence-corrected chi connectivity index (χ2v) is 11.1. The maximum Gasteiger partial charge on any atom is 0.306 e. The fraction of sp³-hybridized carbons (Fsp3) is 0.867. The van der Waals surface area contributed by atoms with Gasteiger partial charge >= 0.3 is 5.97 Å². The summed E-state index contributed by atoms with van der Waals surface area (Å²) in [4.78, 5) is 25.1. The van der Waals surface area contributed by atoms with E-state index in [9.17, 15) is 9.59 Å². The van der Waals surface area contributed by atoms with Crippen LogP contribution >= 0.6 is 0 Å². The fourth-order valence-corrected chi connectivity index (χ4v) is 5.98. The minimum absolute atomic E-state index is 0.0502. The van der Waals surface area contributed by atoms with Crippen LogP contribution in [-0.2, 0) is 14.3 Å². The van der Waals surface area contributed by atoms with Gasteiger partial charge in [0.2, 0.25) is 0 Å². The molecule has 190 valence electrons. The molecule has 2 aliphatic carbocycles. The lowest BCUT2D eigenvalue weighted by molar-refractivity contribution is -0.156. The Balaban J connectivity index is 1.46. The second-order valence-electron chi connectivity index (χ2n) is 11.1. The number of fused-ring (bicyclic) bond motifs is 1. The van der Waals surface area contributed by atoms with Crippen molar-refractivity contribution in [3.05, 3.63) is 11.1 Å². The zero-order valence-corrected chi connectivity index (χ0v) is 22.2. The molecule has 0 saturated heterocycles. The molecule has 0 amide bonds. The van der Waals surface area contributed by atoms with E-state index >= 15 is 0 Å². The highest BCUT2D eigenvalue weighted by Gasteiger charge is 2.44. The average Bonchev–Trinajstić information content (AvgIpc) is 2.79. The second kappa shape index (κ2) is 15.7. The number of hydrogen-bond donors (Lipinski definition) is 0. The van der Waals surface area contributed by atoms with E-state index in [1.54, 1.807) is 0 Å². The van der Waals surface area contributed by atoms with Crippen LogP contribution in [-0.4, -0.2) is 17.9 Å². The zero-order chi connectivity index (χ0) is 23.9. The number of rotatable bonds is 17. The standard InChI is InChI=1S/C30H52O3/c1-4-5-6-7-8-9-10-11-12-13-14-15-16-17-18-22-28(31)33-27-24-30(3)23-20-19-21-26(30)25(2)29(27)32/h27H,4-24H2,1-3H3/t27?,30-/m0/s1. The molecule has 1 saturated carbocycles. The van der Waals surface area contributed by atoms with E-state index in [4.69, 9.17) is 4.74 Å². The van der Waals surface area contributed by atoms with Crippen molar-refractivity contribution in [2.75, 3.05) is 0 Å². The number of unbranched alkanes of at least 4 members (excludes halogenated alkanes) is 14. The summed E-state index contributed by atoms with van der Waals surface area (Å²) in [5.41, 5.74) is 2.25. The van der Waals surface area contributed by atoms with E-state index in [1.807, 2.05) is 6.92 Å². The number of ether oxygens (including phenoxy) is 1. The number of allylic oxidation sites excluding steroid dienone is 1. The molecular weight excluding hydrogens is 408 g/mol. The zero-order valence-electron chi connectivity index (χ0n) is 22.2. The largest absolute Gasteiger partial charge is 0.454 e. The van der Waals surface area contributed by atoms with Crippen LogP contribution in [0.1, 0.15) is 156 Å².